The van der Waals surface area contributed by atoms with Crippen LogP contribution in [-0.2, 0) is 22.6 Å². The van der Waals surface area contributed by atoms with Crippen LogP contribution in [0.15, 0.2) is 22.9 Å². The molecule has 0 saturated carbocycles. The number of rotatable bonds is 19. The number of nitrogens with one attached hydrogen (secondary N) is 2. The Kier molecular flexibility index (Phi) is 13.7. The lowest BCUT2D eigenvalue weighted by Gasteiger charge is -2.10. The number of ether oxygens (including phenoxy) is 4. The molecule has 170 valence electrons. The van der Waals surface area contributed by atoms with Gasteiger partial charge in [-0.2, -0.15) is 0 Å². The highest BCUT2D eigenvalue weighted by atomic mass is 32.1. The second kappa shape index (κ2) is 16.5. The van der Waals surface area contributed by atoms with Crippen molar-refractivity contribution < 1.29 is 29.2 Å². The van der Waals surface area contributed by atoms with E-state index >= 15 is 0 Å². The Hall–Kier alpha value is -1.24. The molecule has 2 heterocycles. The third kappa shape index (κ3) is 10.2. The van der Waals surface area contributed by atoms with Crippen molar-refractivity contribution >= 4 is 22.7 Å². The summed E-state index contributed by atoms with van der Waals surface area (Å²) < 4.78 is 22.6. The fourth-order valence-electron chi connectivity index (χ4n) is 2.48. The monoisotopic (exact) mass is 460 g/mol. The molecule has 10 heteroatoms. The van der Waals surface area contributed by atoms with Crippen LogP contribution in [0.1, 0.15) is 9.75 Å². The fraction of sp³-hybridized carbons (Fsp3) is 0.600. The maximum atomic E-state index is 8.81. The van der Waals surface area contributed by atoms with Crippen LogP contribution >= 0.6 is 22.7 Å². The minimum atomic E-state index is 0.127. The lowest BCUT2D eigenvalue weighted by Crippen LogP contribution is -2.18. The molecule has 4 N–H and O–H groups in total. The van der Waals surface area contributed by atoms with E-state index in [-0.39, 0.29) is 13.2 Å². The molecule has 0 bridgehead atoms. The quantitative estimate of drug-likeness (QED) is 0.234. The van der Waals surface area contributed by atoms with Gasteiger partial charge in [0.15, 0.2) is 0 Å². The van der Waals surface area contributed by atoms with Crippen molar-refractivity contribution in [1.82, 2.24) is 10.6 Å². The molecule has 8 nitrogen and oxygen atoms in total. The molecular formula is C20H32N2O6S2. The maximum Gasteiger partial charge on any atom is 0.134 e. The zero-order valence-corrected chi connectivity index (χ0v) is 18.8. The minimum absolute atomic E-state index is 0.127. The van der Waals surface area contributed by atoms with E-state index in [1.165, 1.54) is 0 Å². The number of hydrogen-bond donors (Lipinski definition) is 4. The van der Waals surface area contributed by atoms with Gasteiger partial charge in [0.05, 0.1) is 49.4 Å². The Balaban J connectivity index is 1.44. The highest BCUT2D eigenvalue weighted by Crippen LogP contribution is 2.25. The van der Waals surface area contributed by atoms with Crippen LogP contribution in [0.3, 0.4) is 0 Å². The largest absolute Gasteiger partial charge is 0.490 e. The van der Waals surface area contributed by atoms with E-state index in [0.29, 0.717) is 65.8 Å². The van der Waals surface area contributed by atoms with Crippen LogP contribution in [0.2, 0.25) is 0 Å². The van der Waals surface area contributed by atoms with Crippen LogP contribution in [0.5, 0.6) is 11.5 Å². The number of aliphatic hydroxyl groups is 2. The third-order valence-electron chi connectivity index (χ3n) is 3.90. The first-order valence-electron chi connectivity index (χ1n) is 10.0. The van der Waals surface area contributed by atoms with Crippen LogP contribution < -0.4 is 20.1 Å². The molecule has 30 heavy (non-hydrogen) atoms. The minimum Gasteiger partial charge on any atom is -0.490 e. The van der Waals surface area contributed by atoms with E-state index in [2.05, 4.69) is 10.6 Å². The van der Waals surface area contributed by atoms with Crippen molar-refractivity contribution in [1.29, 1.82) is 0 Å². The summed E-state index contributed by atoms with van der Waals surface area (Å²) in [5.41, 5.74) is 0. The Labute approximate surface area is 185 Å². The van der Waals surface area contributed by atoms with Crippen LogP contribution in [0.4, 0.5) is 0 Å². The first-order valence-corrected chi connectivity index (χ1v) is 11.8. The molecule has 0 amide bonds. The van der Waals surface area contributed by atoms with Gasteiger partial charge >= 0.3 is 0 Å². The van der Waals surface area contributed by atoms with Gasteiger partial charge < -0.3 is 39.8 Å². The van der Waals surface area contributed by atoms with Crippen molar-refractivity contribution in [3.63, 3.8) is 0 Å². The Morgan fingerprint density at radius 2 is 1.10 bits per heavy atom. The topological polar surface area (TPSA) is 101 Å². The molecule has 0 atom stereocenters. The summed E-state index contributed by atoms with van der Waals surface area (Å²) in [4.78, 5) is 2.23. The first-order chi connectivity index (χ1) is 14.8. The summed E-state index contributed by atoms with van der Waals surface area (Å²) in [6, 6.07) is 3.90. The molecule has 2 rings (SSSR count). The van der Waals surface area contributed by atoms with Gasteiger partial charge in [-0.15, -0.1) is 22.7 Å². The van der Waals surface area contributed by atoms with Gasteiger partial charge in [0.1, 0.15) is 24.7 Å². The summed E-state index contributed by atoms with van der Waals surface area (Å²) in [6.45, 7) is 5.76. The summed E-state index contributed by atoms with van der Waals surface area (Å²) in [5, 5.41) is 27.9. The first kappa shape index (κ1) is 25.0. The summed E-state index contributed by atoms with van der Waals surface area (Å²) in [6.07, 6.45) is 0. The zero-order valence-electron chi connectivity index (χ0n) is 17.1. The lowest BCUT2D eigenvalue weighted by atomic mass is 10.4. The Morgan fingerprint density at radius 3 is 1.53 bits per heavy atom. The molecule has 2 aromatic rings. The van der Waals surface area contributed by atoms with E-state index in [1.54, 1.807) is 22.7 Å². The van der Waals surface area contributed by atoms with E-state index in [9.17, 15) is 0 Å². The van der Waals surface area contributed by atoms with Crippen molar-refractivity contribution in [3.8, 4) is 11.5 Å². The molecule has 0 spiro atoms. The molecule has 0 unspecified atom stereocenters. The van der Waals surface area contributed by atoms with Gasteiger partial charge in [-0.25, -0.2) is 0 Å². The van der Waals surface area contributed by atoms with Crippen molar-refractivity contribution in [2.24, 2.45) is 0 Å². The molecular weight excluding hydrogens is 428 g/mol. The number of hydrogen-bond acceptors (Lipinski definition) is 10. The van der Waals surface area contributed by atoms with E-state index in [1.807, 2.05) is 22.9 Å². The van der Waals surface area contributed by atoms with Gasteiger partial charge in [0, 0.05) is 26.2 Å². The third-order valence-corrected chi connectivity index (χ3v) is 5.70. The molecule has 0 aliphatic heterocycles. The lowest BCUT2D eigenvalue weighted by molar-refractivity contribution is 0.0273. The normalized spacial score (nSPS) is 11.1. The van der Waals surface area contributed by atoms with E-state index in [0.717, 1.165) is 21.3 Å². The van der Waals surface area contributed by atoms with Crippen LogP contribution in [0.25, 0.3) is 0 Å². The average Bonchev–Trinajstić information content (AvgIpc) is 3.39. The molecule has 0 aromatic carbocycles. The Bertz CT molecular complexity index is 611. The second-order valence-corrected chi connectivity index (χ2v) is 8.14. The van der Waals surface area contributed by atoms with Gasteiger partial charge in [0.2, 0.25) is 0 Å². The van der Waals surface area contributed by atoms with Gasteiger partial charge in [-0.1, -0.05) is 0 Å². The molecule has 2 aromatic heterocycles. The predicted octanol–water partition coefficient (Wildman–Crippen LogP) is 1.46. The zero-order chi connectivity index (χ0) is 21.3. The number of aliphatic hydroxyl groups excluding tert-OH is 2. The van der Waals surface area contributed by atoms with Crippen molar-refractivity contribution in [3.05, 3.63) is 32.6 Å². The smallest absolute Gasteiger partial charge is 0.134 e. The van der Waals surface area contributed by atoms with E-state index < -0.39 is 0 Å². The summed E-state index contributed by atoms with van der Waals surface area (Å²) in [5.74, 6) is 1.73. The second-order valence-electron chi connectivity index (χ2n) is 6.14. The molecule has 0 saturated heterocycles. The summed E-state index contributed by atoms with van der Waals surface area (Å²) in [7, 11) is 0. The molecule has 0 fully saturated rings. The molecule has 0 radical (unpaired) electrons. The van der Waals surface area contributed by atoms with Gasteiger partial charge in [-0.3, -0.25) is 0 Å². The fourth-order valence-corrected chi connectivity index (χ4v) is 4.05. The van der Waals surface area contributed by atoms with Crippen molar-refractivity contribution in [2.75, 3.05) is 65.9 Å². The standard InChI is InChI=1S/C20H32N2O6S2/c23-5-3-21-15-19-17(1-13-29-19)27-11-9-25-7-8-26-10-12-28-18-2-14-30-20(18)16-22-4-6-24/h1-2,13-14,21-24H,3-12,15-16H2. The van der Waals surface area contributed by atoms with Crippen LogP contribution in [-0.4, -0.2) is 76.2 Å². The highest BCUT2D eigenvalue weighted by molar-refractivity contribution is 7.10. The van der Waals surface area contributed by atoms with Gasteiger partial charge in [-0.05, 0) is 22.9 Å². The SMILES string of the molecule is OCCNCc1sccc1OCCOCCOCCOc1ccsc1CNCCO. The molecule has 0 aliphatic carbocycles. The van der Waals surface area contributed by atoms with Crippen LogP contribution in [0, 0.1) is 0 Å². The average molecular weight is 461 g/mol. The van der Waals surface area contributed by atoms with Gasteiger partial charge in [0.25, 0.3) is 0 Å². The summed E-state index contributed by atoms with van der Waals surface area (Å²) >= 11 is 3.26. The Morgan fingerprint density at radius 1 is 0.667 bits per heavy atom. The van der Waals surface area contributed by atoms with E-state index in [4.69, 9.17) is 29.2 Å². The maximum absolute atomic E-state index is 8.81. The predicted molar refractivity (Wildman–Crippen MR) is 119 cm³/mol. The number of thiophene rings is 2. The molecule has 0 aliphatic rings. The van der Waals surface area contributed by atoms with Crippen molar-refractivity contribution in [2.45, 2.75) is 13.1 Å². The highest BCUT2D eigenvalue weighted by Gasteiger charge is 2.06.